The van der Waals surface area contributed by atoms with Gasteiger partial charge in [-0.3, -0.25) is 10.1 Å². The van der Waals surface area contributed by atoms with Crippen molar-refractivity contribution in [1.29, 1.82) is 0 Å². The fourth-order valence-electron chi connectivity index (χ4n) is 2.09. The Bertz CT molecular complexity index is 621. The molecule has 1 aromatic carbocycles. The van der Waals surface area contributed by atoms with Crippen LogP contribution in [0.4, 0.5) is 5.69 Å². The van der Waals surface area contributed by atoms with Crippen LogP contribution in [0.5, 0.6) is 5.75 Å². The number of likely N-dealkylation sites (N-methyl/N-ethyl adjacent to an activating group) is 1. The molecule has 0 aliphatic carbocycles. The number of nitro benzene ring substituents is 1. The summed E-state index contributed by atoms with van der Waals surface area (Å²) in [5, 5.41) is 10.9. The molecule has 0 saturated heterocycles. The molecule has 0 N–H and O–H groups in total. The highest BCUT2D eigenvalue weighted by Crippen LogP contribution is 2.38. The molecule has 1 aliphatic rings. The smallest absolute Gasteiger partial charge is 0.270 e. The Morgan fingerprint density at radius 3 is 2.60 bits per heavy atom. The standard InChI is InChI=1S/C14H16N2O3S/c1-14(2)8-11(13(20)15(3)4)10-7-9(16(17)18)5-6-12(10)19-14/h5-8H,1-4H3. The summed E-state index contributed by atoms with van der Waals surface area (Å²) in [4.78, 5) is 12.9. The van der Waals surface area contributed by atoms with Gasteiger partial charge in [-0.2, -0.15) is 0 Å². The van der Waals surface area contributed by atoms with E-state index in [1.54, 1.807) is 6.07 Å². The third kappa shape index (κ3) is 2.65. The van der Waals surface area contributed by atoms with E-state index < -0.39 is 10.5 Å². The second kappa shape index (κ2) is 4.86. The first-order valence-electron chi connectivity index (χ1n) is 6.13. The number of thiocarbonyl (C=S) groups is 1. The van der Waals surface area contributed by atoms with Gasteiger partial charge in [-0.05, 0) is 26.0 Å². The van der Waals surface area contributed by atoms with Crippen LogP contribution in [-0.4, -0.2) is 34.5 Å². The number of rotatable bonds is 2. The molecule has 5 nitrogen and oxygen atoms in total. The van der Waals surface area contributed by atoms with E-state index >= 15 is 0 Å². The highest BCUT2D eigenvalue weighted by molar-refractivity contribution is 7.81. The second-order valence-electron chi connectivity index (χ2n) is 5.40. The minimum absolute atomic E-state index is 0.0273. The monoisotopic (exact) mass is 292 g/mol. The topological polar surface area (TPSA) is 55.6 Å². The van der Waals surface area contributed by atoms with E-state index in [0.29, 0.717) is 16.3 Å². The lowest BCUT2D eigenvalue weighted by Gasteiger charge is -2.32. The first kappa shape index (κ1) is 14.5. The van der Waals surface area contributed by atoms with Crippen molar-refractivity contribution in [3.63, 3.8) is 0 Å². The van der Waals surface area contributed by atoms with Gasteiger partial charge in [0.2, 0.25) is 0 Å². The Labute approximate surface area is 123 Å². The molecule has 1 aliphatic heterocycles. The SMILES string of the molecule is CN(C)C(=S)C1=CC(C)(C)Oc2ccc([N+](=O)[O-])cc21. The number of fused-ring (bicyclic) bond motifs is 1. The van der Waals surface area contributed by atoms with E-state index in [1.165, 1.54) is 12.1 Å². The molecule has 2 rings (SSSR count). The number of nitrogens with zero attached hydrogens (tertiary/aromatic N) is 2. The van der Waals surface area contributed by atoms with Crippen molar-refractivity contribution < 1.29 is 9.66 Å². The third-order valence-electron chi connectivity index (χ3n) is 2.97. The van der Waals surface area contributed by atoms with E-state index in [2.05, 4.69) is 0 Å². The predicted octanol–water partition coefficient (Wildman–Crippen LogP) is 3.04. The zero-order chi connectivity index (χ0) is 15.1. The Morgan fingerprint density at radius 1 is 1.40 bits per heavy atom. The van der Waals surface area contributed by atoms with Crippen LogP contribution in [0.1, 0.15) is 19.4 Å². The molecule has 0 spiro atoms. The number of hydrogen-bond acceptors (Lipinski definition) is 4. The van der Waals surface area contributed by atoms with Gasteiger partial charge in [-0.25, -0.2) is 0 Å². The molecule has 0 amide bonds. The van der Waals surface area contributed by atoms with Gasteiger partial charge >= 0.3 is 0 Å². The molecule has 0 unspecified atom stereocenters. The first-order chi connectivity index (χ1) is 9.21. The largest absolute Gasteiger partial charge is 0.483 e. The summed E-state index contributed by atoms with van der Waals surface area (Å²) in [7, 11) is 3.70. The Balaban J connectivity index is 2.61. The van der Waals surface area contributed by atoms with Crippen molar-refractivity contribution in [2.75, 3.05) is 14.1 Å². The van der Waals surface area contributed by atoms with Gasteiger partial charge in [0.1, 0.15) is 16.3 Å². The molecule has 106 valence electrons. The van der Waals surface area contributed by atoms with E-state index in [9.17, 15) is 10.1 Å². The van der Waals surface area contributed by atoms with Gasteiger partial charge in [0.25, 0.3) is 5.69 Å². The molecule has 0 aromatic heterocycles. The Kier molecular flexibility index (Phi) is 3.52. The van der Waals surface area contributed by atoms with Crippen LogP contribution in [0.3, 0.4) is 0 Å². The molecule has 1 heterocycles. The molecule has 6 heteroatoms. The summed E-state index contributed by atoms with van der Waals surface area (Å²) in [5.41, 5.74) is 0.982. The average molecular weight is 292 g/mol. The van der Waals surface area contributed by atoms with Crippen LogP contribution in [0.2, 0.25) is 0 Å². The minimum atomic E-state index is -0.501. The number of hydrogen-bond donors (Lipinski definition) is 0. The molecule has 0 radical (unpaired) electrons. The van der Waals surface area contributed by atoms with Crippen LogP contribution >= 0.6 is 12.2 Å². The molecule has 20 heavy (non-hydrogen) atoms. The number of nitro groups is 1. The van der Waals surface area contributed by atoms with Gasteiger partial charge in [0.05, 0.1) is 4.92 Å². The summed E-state index contributed by atoms with van der Waals surface area (Å²) in [6.45, 7) is 3.85. The van der Waals surface area contributed by atoms with Gasteiger partial charge in [-0.15, -0.1) is 0 Å². The molecule has 0 saturated carbocycles. The summed E-state index contributed by atoms with van der Waals surface area (Å²) >= 11 is 5.42. The Hall–Kier alpha value is -1.95. The molecule has 0 atom stereocenters. The zero-order valence-corrected chi connectivity index (χ0v) is 12.7. The highest BCUT2D eigenvalue weighted by atomic mass is 32.1. The van der Waals surface area contributed by atoms with Gasteiger partial charge < -0.3 is 9.64 Å². The minimum Gasteiger partial charge on any atom is -0.483 e. The maximum absolute atomic E-state index is 10.9. The zero-order valence-electron chi connectivity index (χ0n) is 11.8. The van der Waals surface area contributed by atoms with Crippen molar-refractivity contribution in [2.24, 2.45) is 0 Å². The van der Waals surface area contributed by atoms with E-state index in [1.807, 2.05) is 38.9 Å². The van der Waals surface area contributed by atoms with Crippen molar-refractivity contribution in [1.82, 2.24) is 4.90 Å². The van der Waals surface area contributed by atoms with Gasteiger partial charge in [-0.1, -0.05) is 12.2 Å². The number of non-ortho nitro benzene ring substituents is 1. The highest BCUT2D eigenvalue weighted by Gasteiger charge is 2.30. The van der Waals surface area contributed by atoms with Crippen LogP contribution in [0.15, 0.2) is 24.3 Å². The van der Waals surface area contributed by atoms with Crippen molar-refractivity contribution in [2.45, 2.75) is 19.4 Å². The fourth-order valence-corrected chi connectivity index (χ4v) is 2.26. The Morgan fingerprint density at radius 2 is 2.05 bits per heavy atom. The summed E-state index contributed by atoms with van der Waals surface area (Å²) in [6, 6.07) is 4.57. The third-order valence-corrected chi connectivity index (χ3v) is 3.55. The first-order valence-corrected chi connectivity index (χ1v) is 6.54. The molecular formula is C14H16N2O3S. The molecule has 0 fully saturated rings. The van der Waals surface area contributed by atoms with E-state index in [0.717, 1.165) is 5.57 Å². The summed E-state index contributed by atoms with van der Waals surface area (Å²) < 4.78 is 5.84. The fraction of sp³-hybridized carbons (Fsp3) is 0.357. The van der Waals surface area contributed by atoms with Crippen LogP contribution in [0.25, 0.3) is 5.57 Å². The maximum Gasteiger partial charge on any atom is 0.270 e. The second-order valence-corrected chi connectivity index (χ2v) is 5.79. The quantitative estimate of drug-likeness (QED) is 0.476. The molecular weight excluding hydrogens is 276 g/mol. The van der Waals surface area contributed by atoms with Crippen LogP contribution in [0, 0.1) is 10.1 Å². The van der Waals surface area contributed by atoms with Crippen molar-refractivity contribution >= 4 is 28.5 Å². The molecule has 1 aromatic rings. The van der Waals surface area contributed by atoms with Crippen molar-refractivity contribution in [3.8, 4) is 5.75 Å². The number of ether oxygens (including phenoxy) is 1. The normalized spacial score (nSPS) is 15.7. The summed E-state index contributed by atoms with van der Waals surface area (Å²) in [6.07, 6.45) is 1.90. The van der Waals surface area contributed by atoms with E-state index in [-0.39, 0.29) is 5.69 Å². The molecule has 0 bridgehead atoms. The van der Waals surface area contributed by atoms with Crippen molar-refractivity contribution in [3.05, 3.63) is 40.0 Å². The van der Waals surface area contributed by atoms with Crippen LogP contribution in [-0.2, 0) is 0 Å². The van der Waals surface area contributed by atoms with E-state index in [4.69, 9.17) is 17.0 Å². The van der Waals surface area contributed by atoms with Gasteiger partial charge in [0, 0.05) is 37.4 Å². The maximum atomic E-state index is 10.9. The van der Waals surface area contributed by atoms with Gasteiger partial charge in [0.15, 0.2) is 0 Å². The average Bonchev–Trinajstić information content (AvgIpc) is 2.35. The lowest BCUT2D eigenvalue weighted by Crippen LogP contribution is -2.32. The lowest BCUT2D eigenvalue weighted by molar-refractivity contribution is -0.384. The lowest BCUT2D eigenvalue weighted by atomic mass is 9.94. The summed E-state index contributed by atoms with van der Waals surface area (Å²) in [5.74, 6) is 0.613. The number of benzene rings is 1. The predicted molar refractivity (Wildman–Crippen MR) is 82.1 cm³/mol. The van der Waals surface area contributed by atoms with Crippen LogP contribution < -0.4 is 4.74 Å².